The van der Waals surface area contributed by atoms with Gasteiger partial charge in [-0.05, 0) is 31.2 Å². The molecule has 1 aromatic rings. The SMILES string of the molecule is CNCC(C(=O)c1cc(Br)ccc1F)C(C)C. The molecule has 0 bridgehead atoms. The van der Waals surface area contributed by atoms with E-state index in [2.05, 4.69) is 21.2 Å². The second-order valence-corrected chi connectivity index (χ2v) is 5.31. The highest BCUT2D eigenvalue weighted by atomic mass is 79.9. The van der Waals surface area contributed by atoms with Crippen molar-refractivity contribution in [1.29, 1.82) is 0 Å². The van der Waals surface area contributed by atoms with Crippen LogP contribution in [0, 0.1) is 17.7 Å². The molecule has 0 radical (unpaired) electrons. The van der Waals surface area contributed by atoms with E-state index in [0.717, 1.165) is 0 Å². The maximum Gasteiger partial charge on any atom is 0.170 e. The van der Waals surface area contributed by atoms with Crippen molar-refractivity contribution in [3.63, 3.8) is 0 Å². The minimum absolute atomic E-state index is 0.145. The highest BCUT2D eigenvalue weighted by molar-refractivity contribution is 9.10. The molecule has 0 aliphatic heterocycles. The van der Waals surface area contributed by atoms with Crippen molar-refractivity contribution in [2.24, 2.45) is 11.8 Å². The van der Waals surface area contributed by atoms with Gasteiger partial charge in [0.25, 0.3) is 0 Å². The van der Waals surface area contributed by atoms with E-state index in [1.807, 2.05) is 13.8 Å². The molecule has 1 atom stereocenters. The number of carbonyl (C=O) groups excluding carboxylic acids is 1. The topological polar surface area (TPSA) is 29.1 Å². The first-order chi connectivity index (χ1) is 7.97. The molecule has 0 saturated carbocycles. The van der Waals surface area contributed by atoms with Crippen molar-refractivity contribution < 1.29 is 9.18 Å². The first-order valence-electron chi connectivity index (χ1n) is 5.61. The summed E-state index contributed by atoms with van der Waals surface area (Å²) in [7, 11) is 1.79. The third kappa shape index (κ3) is 3.61. The molecule has 0 aliphatic carbocycles. The number of hydrogen-bond donors (Lipinski definition) is 1. The Bertz CT molecular complexity index is 406. The summed E-state index contributed by atoms with van der Waals surface area (Å²) in [6, 6.07) is 4.45. The molecule has 0 heterocycles. The second-order valence-electron chi connectivity index (χ2n) is 4.40. The van der Waals surface area contributed by atoms with Gasteiger partial charge in [0.15, 0.2) is 5.78 Å². The fourth-order valence-corrected chi connectivity index (χ4v) is 2.10. The summed E-state index contributed by atoms with van der Waals surface area (Å²) in [5.74, 6) is -0.634. The summed E-state index contributed by atoms with van der Waals surface area (Å²) >= 11 is 3.26. The van der Waals surface area contributed by atoms with Crippen LogP contribution in [0.3, 0.4) is 0 Å². The molecule has 0 aliphatic rings. The lowest BCUT2D eigenvalue weighted by Crippen LogP contribution is -2.31. The number of carbonyl (C=O) groups is 1. The maximum atomic E-state index is 13.6. The van der Waals surface area contributed by atoms with Crippen LogP contribution in [0.5, 0.6) is 0 Å². The first kappa shape index (κ1) is 14.3. The van der Waals surface area contributed by atoms with E-state index in [9.17, 15) is 9.18 Å². The van der Waals surface area contributed by atoms with Crippen LogP contribution in [0.4, 0.5) is 4.39 Å². The van der Waals surface area contributed by atoms with Gasteiger partial charge in [0, 0.05) is 16.9 Å². The Hall–Kier alpha value is -0.740. The fraction of sp³-hybridized carbons (Fsp3) is 0.462. The smallest absolute Gasteiger partial charge is 0.170 e. The number of rotatable bonds is 5. The van der Waals surface area contributed by atoms with E-state index in [0.29, 0.717) is 11.0 Å². The van der Waals surface area contributed by atoms with Gasteiger partial charge in [-0.2, -0.15) is 0 Å². The van der Waals surface area contributed by atoms with Gasteiger partial charge in [0.1, 0.15) is 5.82 Å². The summed E-state index contributed by atoms with van der Waals surface area (Å²) < 4.78 is 14.3. The van der Waals surface area contributed by atoms with Gasteiger partial charge < -0.3 is 5.32 Å². The molecule has 94 valence electrons. The summed E-state index contributed by atoms with van der Waals surface area (Å²) in [4.78, 5) is 12.2. The minimum Gasteiger partial charge on any atom is -0.319 e. The largest absolute Gasteiger partial charge is 0.319 e. The molecule has 0 spiro atoms. The quantitative estimate of drug-likeness (QED) is 0.846. The number of ketones is 1. The highest BCUT2D eigenvalue weighted by Gasteiger charge is 2.25. The first-order valence-corrected chi connectivity index (χ1v) is 6.40. The van der Waals surface area contributed by atoms with Crippen LogP contribution in [-0.2, 0) is 0 Å². The van der Waals surface area contributed by atoms with Crippen LogP contribution in [0.1, 0.15) is 24.2 Å². The average Bonchev–Trinajstić information content (AvgIpc) is 2.28. The van der Waals surface area contributed by atoms with Gasteiger partial charge in [0.05, 0.1) is 5.56 Å². The van der Waals surface area contributed by atoms with Crippen molar-refractivity contribution in [1.82, 2.24) is 5.32 Å². The minimum atomic E-state index is -0.458. The Morgan fingerprint density at radius 2 is 2.12 bits per heavy atom. The van der Waals surface area contributed by atoms with Crippen LogP contribution >= 0.6 is 15.9 Å². The Kier molecular flexibility index (Phi) is 5.28. The van der Waals surface area contributed by atoms with Gasteiger partial charge in [-0.15, -0.1) is 0 Å². The lowest BCUT2D eigenvalue weighted by molar-refractivity contribution is 0.0881. The zero-order valence-corrected chi connectivity index (χ0v) is 11.8. The highest BCUT2D eigenvalue weighted by Crippen LogP contribution is 2.22. The van der Waals surface area contributed by atoms with Crippen LogP contribution in [0.25, 0.3) is 0 Å². The number of halogens is 2. The fourth-order valence-electron chi connectivity index (χ4n) is 1.74. The molecular formula is C13H17BrFNO. The Morgan fingerprint density at radius 3 is 2.65 bits per heavy atom. The van der Waals surface area contributed by atoms with Crippen molar-refractivity contribution in [2.75, 3.05) is 13.6 Å². The molecule has 1 unspecified atom stereocenters. The summed E-state index contributed by atoms with van der Waals surface area (Å²) in [5.41, 5.74) is 0.160. The van der Waals surface area contributed by atoms with E-state index in [1.54, 1.807) is 19.2 Å². The van der Waals surface area contributed by atoms with Crippen LogP contribution in [0.15, 0.2) is 22.7 Å². The zero-order valence-electron chi connectivity index (χ0n) is 10.3. The molecule has 1 rings (SSSR count). The van der Waals surface area contributed by atoms with Gasteiger partial charge >= 0.3 is 0 Å². The summed E-state index contributed by atoms with van der Waals surface area (Å²) in [5, 5.41) is 2.98. The van der Waals surface area contributed by atoms with Crippen molar-refractivity contribution >= 4 is 21.7 Å². The van der Waals surface area contributed by atoms with Crippen molar-refractivity contribution in [3.8, 4) is 0 Å². The number of benzene rings is 1. The lowest BCUT2D eigenvalue weighted by Gasteiger charge is -2.19. The molecule has 1 aromatic carbocycles. The predicted molar refractivity (Wildman–Crippen MR) is 70.7 cm³/mol. The monoisotopic (exact) mass is 301 g/mol. The third-order valence-corrected chi connectivity index (χ3v) is 3.25. The van der Waals surface area contributed by atoms with Gasteiger partial charge in [-0.25, -0.2) is 4.39 Å². The van der Waals surface area contributed by atoms with Crippen LogP contribution < -0.4 is 5.32 Å². The van der Waals surface area contributed by atoms with Gasteiger partial charge in [0.2, 0.25) is 0 Å². The van der Waals surface area contributed by atoms with E-state index in [1.165, 1.54) is 6.07 Å². The van der Waals surface area contributed by atoms with Crippen molar-refractivity contribution in [3.05, 3.63) is 34.1 Å². The summed E-state index contributed by atoms with van der Waals surface area (Å²) in [6.07, 6.45) is 0. The predicted octanol–water partition coefficient (Wildman–Crippen LogP) is 3.26. The summed E-state index contributed by atoms with van der Waals surface area (Å²) in [6.45, 7) is 4.49. The normalized spacial score (nSPS) is 12.8. The van der Waals surface area contributed by atoms with E-state index in [4.69, 9.17) is 0 Å². The molecular weight excluding hydrogens is 285 g/mol. The number of nitrogens with one attached hydrogen (secondary N) is 1. The van der Waals surface area contributed by atoms with Crippen LogP contribution in [0.2, 0.25) is 0 Å². The lowest BCUT2D eigenvalue weighted by atomic mass is 9.87. The molecule has 17 heavy (non-hydrogen) atoms. The van der Waals surface area contributed by atoms with E-state index in [-0.39, 0.29) is 23.2 Å². The zero-order chi connectivity index (χ0) is 13.0. The molecule has 1 N–H and O–H groups in total. The Labute approximate surface area is 110 Å². The molecule has 0 saturated heterocycles. The number of Topliss-reactive ketones (excluding diaryl/α,β-unsaturated/α-hetero) is 1. The molecule has 4 heteroatoms. The van der Waals surface area contributed by atoms with E-state index >= 15 is 0 Å². The van der Waals surface area contributed by atoms with Crippen LogP contribution in [-0.4, -0.2) is 19.4 Å². The second kappa shape index (κ2) is 6.26. The Balaban J connectivity index is 3.04. The molecule has 0 fully saturated rings. The number of hydrogen-bond acceptors (Lipinski definition) is 2. The molecule has 0 amide bonds. The standard InChI is InChI=1S/C13H17BrFNO/c1-8(2)11(7-16-3)13(17)10-6-9(14)4-5-12(10)15/h4-6,8,11,16H,7H2,1-3H3. The van der Waals surface area contributed by atoms with Gasteiger partial charge in [-0.1, -0.05) is 29.8 Å². The maximum absolute atomic E-state index is 13.6. The third-order valence-electron chi connectivity index (χ3n) is 2.76. The average molecular weight is 302 g/mol. The van der Waals surface area contributed by atoms with Gasteiger partial charge in [-0.3, -0.25) is 4.79 Å². The van der Waals surface area contributed by atoms with E-state index < -0.39 is 5.82 Å². The molecule has 0 aromatic heterocycles. The Morgan fingerprint density at radius 1 is 1.47 bits per heavy atom. The molecule has 2 nitrogen and oxygen atoms in total. The van der Waals surface area contributed by atoms with Crippen molar-refractivity contribution in [2.45, 2.75) is 13.8 Å².